The third-order valence-electron chi connectivity index (χ3n) is 1.99. The standard InChI is InChI=1S/C10H13N3/c1-8(2)6-13-7-12-9-5-11-4-3-10(9)13/h3-5,7-8H,6H2,1-2H3. The van der Waals surface area contributed by atoms with Crippen molar-refractivity contribution in [3.63, 3.8) is 0 Å². The number of fused-ring (bicyclic) bond motifs is 1. The third kappa shape index (κ3) is 1.54. The highest BCUT2D eigenvalue weighted by atomic mass is 15.0. The molecule has 2 aromatic rings. The molecule has 0 amide bonds. The van der Waals surface area contributed by atoms with Crippen LogP contribution in [0, 0.1) is 5.92 Å². The van der Waals surface area contributed by atoms with Gasteiger partial charge in [-0.1, -0.05) is 13.8 Å². The Balaban J connectivity index is 2.46. The van der Waals surface area contributed by atoms with Gasteiger partial charge in [-0.2, -0.15) is 0 Å². The van der Waals surface area contributed by atoms with Gasteiger partial charge in [0.25, 0.3) is 0 Å². The minimum absolute atomic E-state index is 0.644. The molecule has 0 N–H and O–H groups in total. The van der Waals surface area contributed by atoms with Crippen molar-refractivity contribution >= 4 is 11.0 Å². The van der Waals surface area contributed by atoms with Crippen molar-refractivity contribution in [1.29, 1.82) is 0 Å². The van der Waals surface area contributed by atoms with E-state index in [0.29, 0.717) is 5.92 Å². The van der Waals surface area contributed by atoms with Gasteiger partial charge in [0.2, 0.25) is 0 Å². The van der Waals surface area contributed by atoms with Crippen LogP contribution in [0.15, 0.2) is 24.8 Å². The summed E-state index contributed by atoms with van der Waals surface area (Å²) in [4.78, 5) is 8.30. The summed E-state index contributed by atoms with van der Waals surface area (Å²) in [5.41, 5.74) is 2.15. The van der Waals surface area contributed by atoms with Gasteiger partial charge in [0.05, 0.1) is 18.0 Å². The summed E-state index contributed by atoms with van der Waals surface area (Å²) in [6, 6.07) is 2.00. The second-order valence-electron chi connectivity index (χ2n) is 3.66. The van der Waals surface area contributed by atoms with Crippen molar-refractivity contribution in [2.75, 3.05) is 0 Å². The van der Waals surface area contributed by atoms with E-state index in [1.54, 1.807) is 12.4 Å². The quantitative estimate of drug-likeness (QED) is 0.699. The first kappa shape index (κ1) is 8.23. The Bertz CT molecular complexity index is 403. The maximum atomic E-state index is 4.27. The molecular formula is C10H13N3. The van der Waals surface area contributed by atoms with Crippen molar-refractivity contribution in [2.24, 2.45) is 5.92 Å². The number of hydrogen-bond donors (Lipinski definition) is 0. The van der Waals surface area contributed by atoms with E-state index in [4.69, 9.17) is 0 Å². The van der Waals surface area contributed by atoms with E-state index in [1.807, 2.05) is 12.4 Å². The van der Waals surface area contributed by atoms with Crippen molar-refractivity contribution in [3.05, 3.63) is 24.8 Å². The number of imidazole rings is 1. The van der Waals surface area contributed by atoms with Crippen LogP contribution in [0.3, 0.4) is 0 Å². The molecule has 3 nitrogen and oxygen atoms in total. The Morgan fingerprint density at radius 3 is 3.08 bits per heavy atom. The molecule has 0 aliphatic heterocycles. The highest BCUT2D eigenvalue weighted by molar-refractivity contribution is 5.73. The second kappa shape index (κ2) is 3.17. The number of hydrogen-bond acceptors (Lipinski definition) is 2. The summed E-state index contributed by atoms with van der Waals surface area (Å²) < 4.78 is 2.17. The fraction of sp³-hybridized carbons (Fsp3) is 0.400. The van der Waals surface area contributed by atoms with Gasteiger partial charge in [0.1, 0.15) is 5.52 Å². The van der Waals surface area contributed by atoms with Crippen molar-refractivity contribution in [2.45, 2.75) is 20.4 Å². The second-order valence-corrected chi connectivity index (χ2v) is 3.66. The predicted molar refractivity (Wildman–Crippen MR) is 52.4 cm³/mol. The number of aromatic nitrogens is 3. The molecule has 2 aromatic heterocycles. The van der Waals surface area contributed by atoms with Crippen LogP contribution in [0.25, 0.3) is 11.0 Å². The van der Waals surface area contributed by atoms with Crippen molar-refractivity contribution < 1.29 is 0 Å². The van der Waals surface area contributed by atoms with Crippen molar-refractivity contribution in [3.8, 4) is 0 Å². The monoisotopic (exact) mass is 175 g/mol. The number of rotatable bonds is 2. The molecule has 0 radical (unpaired) electrons. The topological polar surface area (TPSA) is 30.7 Å². The summed E-state index contributed by atoms with van der Waals surface area (Å²) >= 11 is 0. The van der Waals surface area contributed by atoms with E-state index in [1.165, 1.54) is 5.52 Å². The van der Waals surface area contributed by atoms with Crippen LogP contribution in [-0.4, -0.2) is 14.5 Å². The van der Waals surface area contributed by atoms with Crippen LogP contribution in [0.4, 0.5) is 0 Å². The molecule has 0 atom stereocenters. The average molecular weight is 175 g/mol. The molecule has 0 unspecified atom stereocenters. The molecule has 68 valence electrons. The Hall–Kier alpha value is -1.38. The summed E-state index contributed by atoms with van der Waals surface area (Å²) in [5.74, 6) is 0.644. The van der Waals surface area contributed by atoms with Gasteiger partial charge in [-0.05, 0) is 12.0 Å². The molecule has 0 aliphatic rings. The van der Waals surface area contributed by atoms with Crippen LogP contribution < -0.4 is 0 Å². The van der Waals surface area contributed by atoms with E-state index in [2.05, 4.69) is 28.4 Å². The minimum Gasteiger partial charge on any atom is -0.330 e. The SMILES string of the molecule is CC(C)Cn1cnc2cnccc21. The summed E-state index contributed by atoms with van der Waals surface area (Å²) in [7, 11) is 0. The Morgan fingerprint density at radius 1 is 1.46 bits per heavy atom. The zero-order valence-electron chi connectivity index (χ0n) is 7.94. The molecule has 2 heterocycles. The predicted octanol–water partition coefficient (Wildman–Crippen LogP) is 2.09. The Labute approximate surface area is 77.4 Å². The van der Waals surface area contributed by atoms with Gasteiger partial charge >= 0.3 is 0 Å². The fourth-order valence-electron chi connectivity index (χ4n) is 1.45. The molecule has 0 fully saturated rings. The molecule has 3 heteroatoms. The molecule has 13 heavy (non-hydrogen) atoms. The van der Waals surface area contributed by atoms with Crippen LogP contribution in [0.1, 0.15) is 13.8 Å². The van der Waals surface area contributed by atoms with Crippen LogP contribution >= 0.6 is 0 Å². The molecule has 2 rings (SSSR count). The smallest absolute Gasteiger partial charge is 0.107 e. The lowest BCUT2D eigenvalue weighted by molar-refractivity contribution is 0.533. The lowest BCUT2D eigenvalue weighted by Crippen LogP contribution is -2.02. The van der Waals surface area contributed by atoms with Crippen LogP contribution in [0.5, 0.6) is 0 Å². The highest BCUT2D eigenvalue weighted by Crippen LogP contribution is 2.11. The Morgan fingerprint density at radius 2 is 2.31 bits per heavy atom. The molecule has 0 saturated heterocycles. The van der Waals surface area contributed by atoms with Gasteiger partial charge in [0, 0.05) is 12.7 Å². The zero-order chi connectivity index (χ0) is 9.26. The van der Waals surface area contributed by atoms with Gasteiger partial charge in [-0.15, -0.1) is 0 Å². The van der Waals surface area contributed by atoms with Gasteiger partial charge in [-0.25, -0.2) is 4.98 Å². The van der Waals surface area contributed by atoms with E-state index in [0.717, 1.165) is 12.1 Å². The van der Waals surface area contributed by atoms with Crippen LogP contribution in [0.2, 0.25) is 0 Å². The normalized spacial score (nSPS) is 11.3. The maximum absolute atomic E-state index is 4.27. The molecule has 0 bridgehead atoms. The summed E-state index contributed by atoms with van der Waals surface area (Å²) in [5, 5.41) is 0. The van der Waals surface area contributed by atoms with Gasteiger partial charge in [-0.3, -0.25) is 4.98 Å². The molecular weight excluding hydrogens is 162 g/mol. The van der Waals surface area contributed by atoms with Crippen LogP contribution in [-0.2, 0) is 6.54 Å². The molecule has 0 saturated carbocycles. The fourth-order valence-corrected chi connectivity index (χ4v) is 1.45. The van der Waals surface area contributed by atoms with Crippen molar-refractivity contribution in [1.82, 2.24) is 14.5 Å². The van der Waals surface area contributed by atoms with E-state index >= 15 is 0 Å². The first-order valence-electron chi connectivity index (χ1n) is 4.52. The summed E-state index contributed by atoms with van der Waals surface area (Å²) in [6.07, 6.45) is 5.49. The number of nitrogens with zero attached hydrogens (tertiary/aromatic N) is 3. The summed E-state index contributed by atoms with van der Waals surface area (Å²) in [6.45, 7) is 5.42. The van der Waals surface area contributed by atoms with Gasteiger partial charge < -0.3 is 4.57 Å². The lowest BCUT2D eigenvalue weighted by atomic mass is 10.2. The van der Waals surface area contributed by atoms with E-state index in [9.17, 15) is 0 Å². The van der Waals surface area contributed by atoms with E-state index < -0.39 is 0 Å². The molecule has 0 aliphatic carbocycles. The highest BCUT2D eigenvalue weighted by Gasteiger charge is 2.02. The van der Waals surface area contributed by atoms with Gasteiger partial charge in [0.15, 0.2) is 0 Å². The first-order chi connectivity index (χ1) is 6.27. The maximum Gasteiger partial charge on any atom is 0.107 e. The lowest BCUT2D eigenvalue weighted by Gasteiger charge is -2.06. The molecule has 0 aromatic carbocycles. The zero-order valence-corrected chi connectivity index (χ0v) is 7.94. The largest absolute Gasteiger partial charge is 0.330 e. The molecule has 0 spiro atoms. The Kier molecular flexibility index (Phi) is 2.00. The number of pyridine rings is 1. The minimum atomic E-state index is 0.644. The first-order valence-corrected chi connectivity index (χ1v) is 4.52. The average Bonchev–Trinajstić information content (AvgIpc) is 2.48. The van der Waals surface area contributed by atoms with E-state index in [-0.39, 0.29) is 0 Å². The third-order valence-corrected chi connectivity index (χ3v) is 1.99.